The smallest absolute Gasteiger partial charge is 0.432 e. The molecule has 6 heteroatoms. The van der Waals surface area contributed by atoms with Crippen LogP contribution in [0.5, 0.6) is 0 Å². The molecule has 0 aliphatic heterocycles. The van der Waals surface area contributed by atoms with Gasteiger partial charge in [-0.3, -0.25) is 0 Å². The quantitative estimate of drug-likeness (QED) is 0.779. The number of esters is 1. The lowest BCUT2D eigenvalue weighted by Crippen LogP contribution is -2.52. The van der Waals surface area contributed by atoms with E-state index in [4.69, 9.17) is 4.74 Å². The molecule has 0 bridgehead atoms. The molecule has 0 unspecified atom stereocenters. The summed E-state index contributed by atoms with van der Waals surface area (Å²) in [5.74, 6) is -1.45. The molecule has 0 aliphatic rings. The first-order chi connectivity index (χ1) is 9.29. The topological polar surface area (TPSA) is 35.5 Å². The molecule has 0 fully saturated rings. The number of carbonyl (C=O) groups is 1. The molecule has 20 heavy (non-hydrogen) atoms. The fourth-order valence-corrected chi connectivity index (χ4v) is 1.74. The fourth-order valence-electron chi connectivity index (χ4n) is 1.74. The first-order valence-corrected chi connectivity index (χ1v) is 6.18. The number of benzene rings is 1. The van der Waals surface area contributed by atoms with Crippen molar-refractivity contribution in [2.24, 2.45) is 0 Å². The predicted molar refractivity (Wildman–Crippen MR) is 67.0 cm³/mol. The number of ether oxygens (including phenoxy) is 2. The number of hydrogen-bond donors (Lipinski definition) is 0. The Kier molecular flexibility index (Phi) is 5.16. The number of hydrogen-bond acceptors (Lipinski definition) is 3. The Morgan fingerprint density at radius 1 is 1.25 bits per heavy atom. The predicted octanol–water partition coefficient (Wildman–Crippen LogP) is 3.43. The van der Waals surface area contributed by atoms with Gasteiger partial charge >= 0.3 is 12.1 Å². The van der Waals surface area contributed by atoms with Gasteiger partial charge in [0.05, 0.1) is 6.10 Å². The van der Waals surface area contributed by atoms with Crippen LogP contribution in [0, 0.1) is 0 Å². The highest BCUT2D eigenvalue weighted by molar-refractivity contribution is 5.82. The fraction of sp³-hybridized carbons (Fsp3) is 0.500. The molecule has 0 amide bonds. The van der Waals surface area contributed by atoms with Crippen molar-refractivity contribution in [2.75, 3.05) is 7.11 Å². The third-order valence-corrected chi connectivity index (χ3v) is 3.06. The van der Waals surface area contributed by atoms with E-state index < -0.39 is 23.9 Å². The maximum absolute atomic E-state index is 13.4. The van der Waals surface area contributed by atoms with Crippen LogP contribution >= 0.6 is 0 Å². The Labute approximate surface area is 115 Å². The highest BCUT2D eigenvalue weighted by atomic mass is 19.4. The summed E-state index contributed by atoms with van der Waals surface area (Å²) < 4.78 is 49.8. The van der Waals surface area contributed by atoms with Crippen molar-refractivity contribution in [1.29, 1.82) is 0 Å². The zero-order chi connectivity index (χ0) is 15.4. The molecule has 0 saturated carbocycles. The Balaban J connectivity index is 3.31. The van der Waals surface area contributed by atoms with Gasteiger partial charge in [0.25, 0.3) is 5.60 Å². The van der Waals surface area contributed by atoms with Gasteiger partial charge in [0.2, 0.25) is 0 Å². The van der Waals surface area contributed by atoms with Crippen LogP contribution in [0.25, 0.3) is 0 Å². The maximum atomic E-state index is 13.4. The van der Waals surface area contributed by atoms with Gasteiger partial charge in [-0.25, -0.2) is 4.79 Å². The van der Waals surface area contributed by atoms with E-state index in [1.165, 1.54) is 31.2 Å². The standard InChI is InChI=1S/C14H17F3O3/c1-4-10(2)20-12(18)13(19-3,14(15,16)17)11-8-6-5-7-9-11/h5-10H,4H2,1-3H3/t10-,13+/m0/s1. The third kappa shape index (κ3) is 2.95. The van der Waals surface area contributed by atoms with Crippen LogP contribution in [0.1, 0.15) is 25.8 Å². The SMILES string of the molecule is CC[C@H](C)OC(=O)[C@](OC)(c1ccccc1)C(F)(F)F. The molecule has 2 atom stereocenters. The summed E-state index contributed by atoms with van der Waals surface area (Å²) >= 11 is 0. The molecule has 1 aromatic rings. The number of alkyl halides is 3. The van der Waals surface area contributed by atoms with Gasteiger partial charge in [-0.2, -0.15) is 13.2 Å². The van der Waals surface area contributed by atoms with E-state index >= 15 is 0 Å². The summed E-state index contributed by atoms with van der Waals surface area (Å²) in [4.78, 5) is 12.0. The minimum Gasteiger partial charge on any atom is -0.460 e. The van der Waals surface area contributed by atoms with E-state index in [-0.39, 0.29) is 5.56 Å². The van der Waals surface area contributed by atoms with Gasteiger partial charge < -0.3 is 9.47 Å². The van der Waals surface area contributed by atoms with Crippen LogP contribution in [0.2, 0.25) is 0 Å². The monoisotopic (exact) mass is 290 g/mol. The zero-order valence-corrected chi connectivity index (χ0v) is 11.5. The average molecular weight is 290 g/mol. The molecule has 112 valence electrons. The molecule has 3 nitrogen and oxygen atoms in total. The summed E-state index contributed by atoms with van der Waals surface area (Å²) in [6.45, 7) is 3.24. The van der Waals surface area contributed by atoms with Gasteiger partial charge in [0.1, 0.15) is 0 Å². The first-order valence-electron chi connectivity index (χ1n) is 6.18. The van der Waals surface area contributed by atoms with E-state index in [9.17, 15) is 18.0 Å². The Morgan fingerprint density at radius 2 is 1.80 bits per heavy atom. The van der Waals surface area contributed by atoms with Gasteiger partial charge in [-0.05, 0) is 13.3 Å². The maximum Gasteiger partial charge on any atom is 0.432 e. The molecule has 0 aliphatic carbocycles. The minimum atomic E-state index is -4.92. The van der Waals surface area contributed by atoms with Crippen LogP contribution in [0.15, 0.2) is 30.3 Å². The molecule has 0 N–H and O–H groups in total. The van der Waals surface area contributed by atoms with E-state index in [0.29, 0.717) is 6.42 Å². The van der Waals surface area contributed by atoms with E-state index in [1.807, 2.05) is 0 Å². The second-order valence-corrected chi connectivity index (χ2v) is 4.37. The number of carbonyl (C=O) groups excluding carboxylic acids is 1. The normalized spacial score (nSPS) is 16.3. The molecule has 1 rings (SSSR count). The summed E-state index contributed by atoms with van der Waals surface area (Å²) in [5, 5.41) is 0. The summed E-state index contributed by atoms with van der Waals surface area (Å²) in [7, 11) is 0.846. The van der Waals surface area contributed by atoms with Gasteiger partial charge in [0, 0.05) is 12.7 Å². The second-order valence-electron chi connectivity index (χ2n) is 4.37. The lowest BCUT2D eigenvalue weighted by molar-refractivity contribution is -0.278. The van der Waals surface area contributed by atoms with Crippen LogP contribution in [0.4, 0.5) is 13.2 Å². The summed E-state index contributed by atoms with van der Waals surface area (Å²) in [5.41, 5.74) is -3.40. The van der Waals surface area contributed by atoms with Crippen molar-refractivity contribution in [2.45, 2.75) is 38.1 Å². The van der Waals surface area contributed by atoms with Gasteiger partial charge in [0.15, 0.2) is 0 Å². The van der Waals surface area contributed by atoms with E-state index in [0.717, 1.165) is 7.11 Å². The Bertz CT molecular complexity index is 445. The third-order valence-electron chi connectivity index (χ3n) is 3.06. The molecule has 0 saturated heterocycles. The molecule has 1 aromatic carbocycles. The van der Waals surface area contributed by atoms with Crippen molar-refractivity contribution >= 4 is 5.97 Å². The molecule has 0 heterocycles. The highest BCUT2D eigenvalue weighted by Gasteiger charge is 2.64. The van der Waals surface area contributed by atoms with Crippen molar-refractivity contribution in [3.8, 4) is 0 Å². The van der Waals surface area contributed by atoms with E-state index in [1.54, 1.807) is 13.0 Å². The zero-order valence-electron chi connectivity index (χ0n) is 11.5. The van der Waals surface area contributed by atoms with Crippen LogP contribution in [-0.2, 0) is 19.9 Å². The lowest BCUT2D eigenvalue weighted by atomic mass is 9.92. The highest BCUT2D eigenvalue weighted by Crippen LogP contribution is 2.43. The Morgan fingerprint density at radius 3 is 2.20 bits per heavy atom. The van der Waals surface area contributed by atoms with Crippen molar-refractivity contribution in [3.63, 3.8) is 0 Å². The number of halogens is 3. The van der Waals surface area contributed by atoms with Crippen LogP contribution in [-0.4, -0.2) is 25.4 Å². The van der Waals surface area contributed by atoms with E-state index in [2.05, 4.69) is 4.74 Å². The van der Waals surface area contributed by atoms with Crippen molar-refractivity contribution in [1.82, 2.24) is 0 Å². The largest absolute Gasteiger partial charge is 0.460 e. The number of rotatable bonds is 5. The van der Waals surface area contributed by atoms with Crippen LogP contribution in [0.3, 0.4) is 0 Å². The van der Waals surface area contributed by atoms with Crippen molar-refractivity contribution < 1.29 is 27.4 Å². The lowest BCUT2D eigenvalue weighted by Gasteiger charge is -2.33. The first kappa shape index (κ1) is 16.5. The average Bonchev–Trinajstić information content (AvgIpc) is 2.39. The van der Waals surface area contributed by atoms with Crippen LogP contribution < -0.4 is 0 Å². The summed E-state index contributed by atoms with van der Waals surface area (Å²) in [6, 6.07) is 6.75. The molecular formula is C14H17F3O3. The Hall–Kier alpha value is -1.56. The summed E-state index contributed by atoms with van der Waals surface area (Å²) in [6.07, 6.45) is -5.13. The molecule has 0 radical (unpaired) electrons. The van der Waals surface area contributed by atoms with Crippen molar-refractivity contribution in [3.05, 3.63) is 35.9 Å². The van der Waals surface area contributed by atoms with Gasteiger partial charge in [-0.15, -0.1) is 0 Å². The molecule has 0 spiro atoms. The minimum absolute atomic E-state index is 0.302. The second kappa shape index (κ2) is 6.26. The molecule has 0 aromatic heterocycles. The van der Waals surface area contributed by atoms with Gasteiger partial charge in [-0.1, -0.05) is 37.3 Å². The molecular weight excluding hydrogens is 273 g/mol. The number of methoxy groups -OCH3 is 1.